The molecule has 0 saturated carbocycles. The molecule has 1 aliphatic heterocycles. The molecule has 0 aromatic carbocycles. The molecule has 1 saturated heterocycles. The first kappa shape index (κ1) is 14.9. The third-order valence-electron chi connectivity index (χ3n) is 3.77. The zero-order valence-electron chi connectivity index (χ0n) is 11.7. The maximum absolute atomic E-state index is 5.63. The van der Waals surface area contributed by atoms with Gasteiger partial charge in [-0.2, -0.15) is 0 Å². The number of ether oxygens (including phenoxy) is 1. The van der Waals surface area contributed by atoms with Gasteiger partial charge >= 0.3 is 0 Å². The van der Waals surface area contributed by atoms with Crippen molar-refractivity contribution in [2.45, 2.75) is 39.0 Å². The van der Waals surface area contributed by atoms with Crippen molar-refractivity contribution in [1.82, 2.24) is 4.90 Å². The van der Waals surface area contributed by atoms with Crippen LogP contribution in [0.15, 0.2) is 0 Å². The number of nitrogens with zero attached hydrogens (tertiary/aromatic N) is 1. The molecule has 0 aromatic heterocycles. The largest absolute Gasteiger partial charge is 0.381 e. The fourth-order valence-electron chi connectivity index (χ4n) is 2.55. The van der Waals surface area contributed by atoms with Crippen molar-refractivity contribution in [3.63, 3.8) is 0 Å². The molecular weight excluding hydrogens is 212 g/mol. The molecular formula is C14H30N2O. The number of hydrogen-bond donors (Lipinski definition) is 1. The van der Waals surface area contributed by atoms with Crippen LogP contribution in [0.3, 0.4) is 0 Å². The van der Waals surface area contributed by atoms with E-state index < -0.39 is 0 Å². The molecule has 102 valence electrons. The molecule has 0 bridgehead atoms. The average molecular weight is 242 g/mol. The van der Waals surface area contributed by atoms with Crippen LogP contribution < -0.4 is 5.73 Å². The van der Waals surface area contributed by atoms with Gasteiger partial charge in [0.15, 0.2) is 0 Å². The molecule has 0 spiro atoms. The first-order valence-electron chi connectivity index (χ1n) is 7.18. The summed E-state index contributed by atoms with van der Waals surface area (Å²) in [4.78, 5) is 2.42. The number of nitrogens with two attached hydrogens (primary N) is 1. The van der Waals surface area contributed by atoms with Crippen LogP contribution in [0.5, 0.6) is 0 Å². The van der Waals surface area contributed by atoms with Crippen LogP contribution >= 0.6 is 0 Å². The Hall–Kier alpha value is -0.120. The lowest BCUT2D eigenvalue weighted by atomic mass is 9.94. The van der Waals surface area contributed by atoms with Crippen molar-refractivity contribution in [1.29, 1.82) is 0 Å². The first-order valence-corrected chi connectivity index (χ1v) is 7.18. The molecule has 0 aliphatic carbocycles. The Labute approximate surface area is 107 Å². The Bertz CT molecular complexity index is 181. The monoisotopic (exact) mass is 242 g/mol. The molecule has 2 N–H and O–H groups in total. The van der Waals surface area contributed by atoms with Crippen molar-refractivity contribution in [3.8, 4) is 0 Å². The van der Waals surface area contributed by atoms with E-state index in [1.165, 1.54) is 38.6 Å². The predicted octanol–water partition coefficient (Wildman–Crippen LogP) is 2.11. The third kappa shape index (κ3) is 7.02. The van der Waals surface area contributed by atoms with Gasteiger partial charge in [0.05, 0.1) is 0 Å². The summed E-state index contributed by atoms with van der Waals surface area (Å²) in [5.41, 5.74) is 5.63. The molecule has 1 aliphatic rings. The van der Waals surface area contributed by atoms with E-state index in [2.05, 4.69) is 18.9 Å². The molecule has 0 aromatic rings. The molecule has 1 unspecified atom stereocenters. The maximum Gasteiger partial charge on any atom is 0.0468 e. The van der Waals surface area contributed by atoms with Gasteiger partial charge in [0, 0.05) is 19.8 Å². The maximum atomic E-state index is 5.63. The molecule has 3 heteroatoms. The highest BCUT2D eigenvalue weighted by Gasteiger charge is 2.13. The Balaban J connectivity index is 1.95. The third-order valence-corrected chi connectivity index (χ3v) is 3.77. The fourth-order valence-corrected chi connectivity index (χ4v) is 2.55. The number of unbranched alkanes of at least 4 members (excludes halogenated alkanes) is 1. The van der Waals surface area contributed by atoms with Crippen molar-refractivity contribution in [2.75, 3.05) is 39.9 Å². The summed E-state index contributed by atoms with van der Waals surface area (Å²) in [5, 5.41) is 0. The molecule has 17 heavy (non-hydrogen) atoms. The first-order chi connectivity index (χ1) is 8.22. The minimum Gasteiger partial charge on any atom is -0.381 e. The van der Waals surface area contributed by atoms with Gasteiger partial charge in [0.2, 0.25) is 0 Å². The van der Waals surface area contributed by atoms with E-state index in [1.807, 2.05) is 0 Å². The SMILES string of the molecule is CC(CN)CN(C)CCCCC1CCOCC1. The van der Waals surface area contributed by atoms with Crippen molar-refractivity contribution in [2.24, 2.45) is 17.6 Å². The van der Waals surface area contributed by atoms with Crippen LogP contribution in [0.25, 0.3) is 0 Å². The van der Waals surface area contributed by atoms with Gasteiger partial charge in [-0.05, 0) is 51.2 Å². The van der Waals surface area contributed by atoms with Crippen molar-refractivity contribution < 1.29 is 4.74 Å². The van der Waals surface area contributed by atoms with Gasteiger partial charge in [-0.25, -0.2) is 0 Å². The zero-order chi connectivity index (χ0) is 12.5. The summed E-state index contributed by atoms with van der Waals surface area (Å²) >= 11 is 0. The van der Waals surface area contributed by atoms with Gasteiger partial charge < -0.3 is 15.4 Å². The summed E-state index contributed by atoms with van der Waals surface area (Å²) in [5.74, 6) is 1.55. The lowest BCUT2D eigenvalue weighted by molar-refractivity contribution is 0.0629. The normalized spacial score (nSPS) is 19.8. The van der Waals surface area contributed by atoms with E-state index in [4.69, 9.17) is 10.5 Å². The van der Waals surface area contributed by atoms with E-state index in [0.717, 1.165) is 32.2 Å². The van der Waals surface area contributed by atoms with E-state index in [-0.39, 0.29) is 0 Å². The summed E-state index contributed by atoms with van der Waals surface area (Å²) in [6.45, 7) is 7.34. The van der Waals surface area contributed by atoms with Crippen LogP contribution in [-0.4, -0.2) is 44.8 Å². The fraction of sp³-hybridized carbons (Fsp3) is 1.00. The lowest BCUT2D eigenvalue weighted by Gasteiger charge is -2.23. The molecule has 3 nitrogen and oxygen atoms in total. The molecule has 1 rings (SSSR count). The topological polar surface area (TPSA) is 38.5 Å². The minimum atomic E-state index is 0.621. The van der Waals surface area contributed by atoms with Crippen LogP contribution in [0.4, 0.5) is 0 Å². The highest BCUT2D eigenvalue weighted by molar-refractivity contribution is 4.65. The predicted molar refractivity (Wildman–Crippen MR) is 73.1 cm³/mol. The molecule has 0 amide bonds. The second-order valence-electron chi connectivity index (χ2n) is 5.65. The Morgan fingerprint density at radius 2 is 2.00 bits per heavy atom. The van der Waals surface area contributed by atoms with Gasteiger partial charge in [0.1, 0.15) is 0 Å². The lowest BCUT2D eigenvalue weighted by Crippen LogP contribution is -2.29. The Morgan fingerprint density at radius 1 is 1.29 bits per heavy atom. The zero-order valence-corrected chi connectivity index (χ0v) is 11.7. The summed E-state index contributed by atoms with van der Waals surface area (Å²) in [6, 6.07) is 0. The van der Waals surface area contributed by atoms with E-state index >= 15 is 0 Å². The van der Waals surface area contributed by atoms with E-state index in [9.17, 15) is 0 Å². The second-order valence-corrected chi connectivity index (χ2v) is 5.65. The van der Waals surface area contributed by atoms with Crippen LogP contribution in [0.2, 0.25) is 0 Å². The summed E-state index contributed by atoms with van der Waals surface area (Å²) in [6.07, 6.45) is 6.64. The molecule has 1 heterocycles. The van der Waals surface area contributed by atoms with Gasteiger partial charge in [-0.15, -0.1) is 0 Å². The number of hydrogen-bond acceptors (Lipinski definition) is 3. The van der Waals surface area contributed by atoms with Crippen LogP contribution in [0.1, 0.15) is 39.0 Å². The van der Waals surface area contributed by atoms with Crippen molar-refractivity contribution >= 4 is 0 Å². The van der Waals surface area contributed by atoms with Crippen molar-refractivity contribution in [3.05, 3.63) is 0 Å². The summed E-state index contributed by atoms with van der Waals surface area (Å²) in [7, 11) is 2.21. The van der Waals surface area contributed by atoms with E-state index in [1.54, 1.807) is 0 Å². The quantitative estimate of drug-likeness (QED) is 0.663. The van der Waals surface area contributed by atoms with Crippen LogP contribution in [-0.2, 0) is 4.74 Å². The van der Waals surface area contributed by atoms with Gasteiger partial charge in [0.25, 0.3) is 0 Å². The molecule has 0 radical (unpaired) electrons. The Morgan fingerprint density at radius 3 is 2.65 bits per heavy atom. The second kappa shape index (κ2) is 8.90. The highest BCUT2D eigenvalue weighted by Crippen LogP contribution is 2.20. The van der Waals surface area contributed by atoms with E-state index in [0.29, 0.717) is 5.92 Å². The standard InChI is InChI=1S/C14H30N2O/c1-13(11-15)12-16(2)8-4-3-5-14-6-9-17-10-7-14/h13-14H,3-12,15H2,1-2H3. The Kier molecular flexibility index (Phi) is 7.82. The van der Waals surface area contributed by atoms with Crippen LogP contribution in [0, 0.1) is 11.8 Å². The minimum absolute atomic E-state index is 0.621. The average Bonchev–Trinajstić information content (AvgIpc) is 2.36. The van der Waals surface area contributed by atoms with Gasteiger partial charge in [-0.3, -0.25) is 0 Å². The number of rotatable bonds is 8. The van der Waals surface area contributed by atoms with Gasteiger partial charge in [-0.1, -0.05) is 19.8 Å². The molecule has 1 atom stereocenters. The molecule has 1 fully saturated rings. The summed E-state index contributed by atoms with van der Waals surface area (Å²) < 4.78 is 5.38. The highest BCUT2D eigenvalue weighted by atomic mass is 16.5. The smallest absolute Gasteiger partial charge is 0.0468 e.